The topological polar surface area (TPSA) is 40.2 Å². The zero-order valence-corrected chi connectivity index (χ0v) is 18.1. The summed E-state index contributed by atoms with van der Waals surface area (Å²) >= 11 is 0. The molecule has 1 fully saturated rings. The molecule has 0 aromatic heterocycles. The summed E-state index contributed by atoms with van der Waals surface area (Å²) in [6, 6.07) is 0. The fraction of sp³-hybridized carbons (Fsp3) is 1.00. The van der Waals surface area contributed by atoms with Gasteiger partial charge in [0.1, 0.15) is 0 Å². The summed E-state index contributed by atoms with van der Waals surface area (Å²) < 4.78 is 24.4. The molecule has 4 nitrogen and oxygen atoms in total. The molecule has 1 aliphatic heterocycles. The van der Waals surface area contributed by atoms with Crippen LogP contribution in [-0.4, -0.2) is 38.5 Å². The van der Waals surface area contributed by atoms with Crippen molar-refractivity contribution in [2.75, 3.05) is 26.4 Å². The van der Waals surface area contributed by atoms with Gasteiger partial charge in [0, 0.05) is 19.8 Å². The van der Waals surface area contributed by atoms with Crippen LogP contribution >= 0.6 is 0 Å². The predicted molar refractivity (Wildman–Crippen MR) is 107 cm³/mol. The highest BCUT2D eigenvalue weighted by Crippen LogP contribution is 2.50. The highest BCUT2D eigenvalue weighted by Gasteiger charge is 2.56. The first kappa shape index (κ1) is 23.9. The third-order valence-electron chi connectivity index (χ3n) is 5.41. The first-order valence-electron chi connectivity index (χ1n) is 11.2. The van der Waals surface area contributed by atoms with Crippen LogP contribution in [0.4, 0.5) is 0 Å². The van der Waals surface area contributed by atoms with Gasteiger partial charge in [0.15, 0.2) is 0 Å². The van der Waals surface area contributed by atoms with E-state index in [-0.39, 0.29) is 5.41 Å². The number of hydrogen-bond acceptors (Lipinski definition) is 4. The molecular weight excluding hydrogens is 328 g/mol. The second kappa shape index (κ2) is 13.1. The van der Waals surface area contributed by atoms with E-state index >= 15 is 0 Å². The fourth-order valence-corrected chi connectivity index (χ4v) is 4.26. The van der Waals surface area contributed by atoms with Gasteiger partial charge in [-0.05, 0) is 40.0 Å². The van der Waals surface area contributed by atoms with Crippen molar-refractivity contribution in [3.05, 3.63) is 0 Å². The van der Waals surface area contributed by atoms with Gasteiger partial charge in [-0.1, -0.05) is 58.8 Å². The number of hydrogen-bond donors (Lipinski definition) is 0. The molecule has 2 unspecified atom stereocenters. The van der Waals surface area contributed by atoms with E-state index in [1.807, 2.05) is 20.8 Å². The van der Waals surface area contributed by atoms with E-state index in [4.69, 9.17) is 18.9 Å². The molecule has 156 valence electrons. The second-order valence-corrected chi connectivity index (χ2v) is 7.56. The van der Waals surface area contributed by atoms with E-state index in [1.54, 1.807) is 0 Å². The summed E-state index contributed by atoms with van der Waals surface area (Å²) in [5.74, 6) is -0.948. The van der Waals surface area contributed by atoms with Crippen LogP contribution in [0, 0.1) is 5.41 Å². The van der Waals surface area contributed by atoms with Crippen LogP contribution in [0.5, 0.6) is 0 Å². The quantitative estimate of drug-likeness (QED) is 0.166. The minimum atomic E-state index is -0.948. The van der Waals surface area contributed by atoms with Gasteiger partial charge in [-0.2, -0.15) is 0 Å². The number of unbranched alkanes of at least 4 members (excludes halogenated alkanes) is 5. The van der Waals surface area contributed by atoms with E-state index in [9.17, 15) is 0 Å². The molecule has 0 N–H and O–H groups in total. The molecule has 0 amide bonds. The lowest BCUT2D eigenvalue weighted by Crippen LogP contribution is -2.55. The van der Waals surface area contributed by atoms with Gasteiger partial charge in [0.05, 0.1) is 18.1 Å². The Morgan fingerprint density at radius 2 is 1.27 bits per heavy atom. The van der Waals surface area contributed by atoms with Crippen molar-refractivity contribution in [2.45, 2.75) is 111 Å². The fourth-order valence-electron chi connectivity index (χ4n) is 4.26. The molecule has 0 spiro atoms. The average Bonchev–Trinajstić information content (AvgIpc) is 3.42. The van der Waals surface area contributed by atoms with Crippen molar-refractivity contribution in [3.63, 3.8) is 0 Å². The van der Waals surface area contributed by atoms with Crippen LogP contribution < -0.4 is 0 Å². The lowest BCUT2D eigenvalue weighted by atomic mass is 9.72. The van der Waals surface area contributed by atoms with Gasteiger partial charge >= 0.3 is 0 Å². The normalized spacial score (nSPS) is 19.5. The highest BCUT2D eigenvalue weighted by atomic mass is 16.9. The predicted octanol–water partition coefficient (Wildman–Crippen LogP) is 6.08. The van der Waals surface area contributed by atoms with Crippen LogP contribution in [0.2, 0.25) is 0 Å². The van der Waals surface area contributed by atoms with Crippen LogP contribution in [-0.2, 0) is 18.9 Å². The van der Waals surface area contributed by atoms with E-state index in [0.29, 0.717) is 25.9 Å². The summed E-state index contributed by atoms with van der Waals surface area (Å²) in [4.78, 5) is 0. The Hall–Kier alpha value is -0.160. The first-order valence-corrected chi connectivity index (χ1v) is 11.2. The first-order chi connectivity index (χ1) is 12.6. The van der Waals surface area contributed by atoms with Gasteiger partial charge in [-0.15, -0.1) is 0 Å². The smallest absolute Gasteiger partial charge is 0.288 e. The Bertz CT molecular complexity index is 326. The zero-order chi connectivity index (χ0) is 19.3. The molecule has 2 atom stereocenters. The number of ether oxygens (including phenoxy) is 4. The standard InChI is InChI=1S/C22H44O4/c1-6-11-12-13-14-15-17-21(16-7-2,18-20-19-23-20)22(24-8-3,25-9-4)26-10-5/h20H,6-19H2,1-5H3. The molecule has 1 rings (SSSR count). The molecule has 1 heterocycles. The molecule has 4 heteroatoms. The summed E-state index contributed by atoms with van der Waals surface area (Å²) in [6.07, 6.45) is 12.3. The summed E-state index contributed by atoms with van der Waals surface area (Å²) in [6.45, 7) is 13.2. The SMILES string of the molecule is CCCCCCCCC(CCC)(CC1CO1)C(OCC)(OCC)OCC. The molecule has 1 saturated heterocycles. The molecule has 0 aromatic carbocycles. The van der Waals surface area contributed by atoms with Crippen molar-refractivity contribution >= 4 is 0 Å². The molecule has 0 aliphatic carbocycles. The van der Waals surface area contributed by atoms with Crippen molar-refractivity contribution in [2.24, 2.45) is 5.41 Å². The van der Waals surface area contributed by atoms with Gasteiger partial charge < -0.3 is 18.9 Å². The van der Waals surface area contributed by atoms with Gasteiger partial charge in [0.2, 0.25) is 0 Å². The van der Waals surface area contributed by atoms with Gasteiger partial charge in [0.25, 0.3) is 5.97 Å². The summed E-state index contributed by atoms with van der Waals surface area (Å²) in [5.41, 5.74) is -0.143. The lowest BCUT2D eigenvalue weighted by Gasteiger charge is -2.49. The van der Waals surface area contributed by atoms with E-state index in [1.165, 1.54) is 38.5 Å². The van der Waals surface area contributed by atoms with Gasteiger partial charge in [-0.3, -0.25) is 0 Å². The Balaban J connectivity index is 2.95. The average molecular weight is 373 g/mol. The molecule has 1 aliphatic rings. The highest BCUT2D eigenvalue weighted by molar-refractivity contribution is 4.93. The van der Waals surface area contributed by atoms with Crippen molar-refractivity contribution in [1.82, 2.24) is 0 Å². The van der Waals surface area contributed by atoms with Crippen molar-refractivity contribution < 1.29 is 18.9 Å². The number of epoxide rings is 1. The lowest BCUT2D eigenvalue weighted by molar-refractivity contribution is -0.432. The van der Waals surface area contributed by atoms with Crippen molar-refractivity contribution in [1.29, 1.82) is 0 Å². The molecule has 0 radical (unpaired) electrons. The maximum Gasteiger partial charge on any atom is 0.288 e. The van der Waals surface area contributed by atoms with Crippen LogP contribution in [0.1, 0.15) is 98.8 Å². The monoisotopic (exact) mass is 372 g/mol. The van der Waals surface area contributed by atoms with E-state index < -0.39 is 5.97 Å². The maximum atomic E-state index is 6.25. The van der Waals surface area contributed by atoms with Crippen LogP contribution in [0.3, 0.4) is 0 Å². The Kier molecular flexibility index (Phi) is 12.0. The molecule has 0 bridgehead atoms. The minimum Gasteiger partial charge on any atom is -0.373 e. The molecule has 0 saturated carbocycles. The van der Waals surface area contributed by atoms with Crippen LogP contribution in [0.15, 0.2) is 0 Å². The Labute approximate surface area is 162 Å². The molecule has 26 heavy (non-hydrogen) atoms. The molecular formula is C22H44O4. The largest absolute Gasteiger partial charge is 0.373 e. The minimum absolute atomic E-state index is 0.143. The van der Waals surface area contributed by atoms with E-state index in [2.05, 4.69) is 13.8 Å². The Morgan fingerprint density at radius 1 is 0.731 bits per heavy atom. The number of rotatable bonds is 18. The van der Waals surface area contributed by atoms with E-state index in [0.717, 1.165) is 32.3 Å². The molecule has 0 aromatic rings. The summed E-state index contributed by atoms with van der Waals surface area (Å²) in [5, 5.41) is 0. The van der Waals surface area contributed by atoms with Gasteiger partial charge in [-0.25, -0.2) is 0 Å². The van der Waals surface area contributed by atoms with Crippen LogP contribution in [0.25, 0.3) is 0 Å². The maximum absolute atomic E-state index is 6.25. The Morgan fingerprint density at radius 3 is 1.73 bits per heavy atom. The second-order valence-electron chi connectivity index (χ2n) is 7.56. The van der Waals surface area contributed by atoms with Crippen molar-refractivity contribution in [3.8, 4) is 0 Å². The summed E-state index contributed by atoms with van der Waals surface area (Å²) in [7, 11) is 0. The third kappa shape index (κ3) is 7.10. The third-order valence-corrected chi connectivity index (χ3v) is 5.41. The zero-order valence-electron chi connectivity index (χ0n) is 18.1.